The maximum Gasteiger partial charge on any atom is 0.335 e. The summed E-state index contributed by atoms with van der Waals surface area (Å²) in [7, 11) is 0. The third-order valence-corrected chi connectivity index (χ3v) is 5.75. The highest BCUT2D eigenvalue weighted by Gasteiger charge is 2.54. The van der Waals surface area contributed by atoms with Gasteiger partial charge in [0.15, 0.2) is 5.78 Å². The molecular weight excluding hydrogens is 440 g/mol. The third kappa shape index (κ3) is 3.83. The predicted octanol–water partition coefficient (Wildman–Crippen LogP) is 3.76. The SMILES string of the molecule is Cc1ccc(C(=O)C2C(=O)C(=O)N(c3cccc(C(=O)O)c3)C2c2ccccc2[N+](=O)[O-])cc1. The maximum atomic E-state index is 13.5. The van der Waals surface area contributed by atoms with Gasteiger partial charge in [-0.05, 0) is 25.1 Å². The van der Waals surface area contributed by atoms with Crippen molar-refractivity contribution in [2.45, 2.75) is 13.0 Å². The summed E-state index contributed by atoms with van der Waals surface area (Å²) in [4.78, 5) is 63.4. The van der Waals surface area contributed by atoms with Crippen LogP contribution >= 0.6 is 0 Å². The van der Waals surface area contributed by atoms with E-state index in [0.717, 1.165) is 10.5 Å². The van der Waals surface area contributed by atoms with E-state index in [2.05, 4.69) is 0 Å². The van der Waals surface area contributed by atoms with Gasteiger partial charge in [0, 0.05) is 17.3 Å². The number of para-hydroxylation sites is 1. The highest BCUT2D eigenvalue weighted by atomic mass is 16.6. The minimum atomic E-state index is -1.55. The lowest BCUT2D eigenvalue weighted by atomic mass is 9.85. The van der Waals surface area contributed by atoms with E-state index in [1.54, 1.807) is 12.1 Å². The molecule has 1 heterocycles. The van der Waals surface area contributed by atoms with E-state index in [4.69, 9.17) is 0 Å². The van der Waals surface area contributed by atoms with Crippen LogP contribution in [0.4, 0.5) is 11.4 Å². The number of ketones is 2. The van der Waals surface area contributed by atoms with Gasteiger partial charge in [0.05, 0.1) is 22.1 Å². The molecule has 34 heavy (non-hydrogen) atoms. The van der Waals surface area contributed by atoms with Crippen molar-refractivity contribution in [3.63, 3.8) is 0 Å². The first-order chi connectivity index (χ1) is 16.2. The number of carboxylic acid groups (broad SMARTS) is 1. The number of aromatic carboxylic acids is 1. The maximum absolute atomic E-state index is 13.5. The van der Waals surface area contributed by atoms with E-state index in [1.807, 2.05) is 6.92 Å². The van der Waals surface area contributed by atoms with Crippen LogP contribution in [0.5, 0.6) is 0 Å². The van der Waals surface area contributed by atoms with Crippen molar-refractivity contribution in [2.24, 2.45) is 5.92 Å². The van der Waals surface area contributed by atoms with E-state index >= 15 is 0 Å². The molecule has 2 atom stereocenters. The lowest BCUT2D eigenvalue weighted by Gasteiger charge is -2.27. The fourth-order valence-corrected chi connectivity index (χ4v) is 4.12. The van der Waals surface area contributed by atoms with Crippen LogP contribution in [0.15, 0.2) is 72.8 Å². The van der Waals surface area contributed by atoms with Gasteiger partial charge in [-0.1, -0.05) is 54.1 Å². The number of carboxylic acids is 1. The molecule has 0 bridgehead atoms. The van der Waals surface area contributed by atoms with Crippen molar-refractivity contribution in [2.75, 3.05) is 4.90 Å². The molecule has 0 radical (unpaired) electrons. The Kier molecular flexibility index (Phi) is 5.77. The highest BCUT2D eigenvalue weighted by Crippen LogP contribution is 2.44. The molecule has 1 aliphatic rings. The number of hydrogen-bond acceptors (Lipinski definition) is 6. The fraction of sp³-hybridized carbons (Fsp3) is 0.120. The summed E-state index contributed by atoms with van der Waals surface area (Å²) in [5.74, 6) is -5.52. The van der Waals surface area contributed by atoms with Crippen LogP contribution in [0.25, 0.3) is 0 Å². The Morgan fingerprint density at radius 1 is 0.941 bits per heavy atom. The van der Waals surface area contributed by atoms with Gasteiger partial charge in [-0.3, -0.25) is 29.4 Å². The Bertz CT molecular complexity index is 1350. The number of anilines is 1. The molecule has 4 rings (SSSR count). The van der Waals surface area contributed by atoms with E-state index in [0.29, 0.717) is 0 Å². The number of Topliss-reactive ketones (excluding diaryl/α,β-unsaturated/α-hetero) is 2. The molecule has 9 nitrogen and oxygen atoms in total. The molecule has 0 aromatic heterocycles. The van der Waals surface area contributed by atoms with Crippen molar-refractivity contribution in [1.82, 2.24) is 0 Å². The summed E-state index contributed by atoms with van der Waals surface area (Å²) in [6.45, 7) is 1.83. The molecule has 0 spiro atoms. The van der Waals surface area contributed by atoms with Crippen LogP contribution in [-0.2, 0) is 9.59 Å². The van der Waals surface area contributed by atoms with Gasteiger partial charge in [-0.15, -0.1) is 0 Å². The fourth-order valence-electron chi connectivity index (χ4n) is 4.12. The number of carbonyl (C=O) groups is 4. The van der Waals surface area contributed by atoms with Gasteiger partial charge in [-0.2, -0.15) is 0 Å². The number of nitrogens with zero attached hydrogens (tertiary/aromatic N) is 2. The molecule has 0 aliphatic carbocycles. The average Bonchev–Trinajstić information content (AvgIpc) is 3.09. The Labute approximate surface area is 193 Å². The Balaban J connectivity index is 1.93. The van der Waals surface area contributed by atoms with Gasteiger partial charge in [0.1, 0.15) is 5.92 Å². The lowest BCUT2D eigenvalue weighted by molar-refractivity contribution is -0.385. The number of nitro groups is 1. The summed E-state index contributed by atoms with van der Waals surface area (Å²) in [6.07, 6.45) is 0. The molecule has 1 fully saturated rings. The first kappa shape index (κ1) is 22.5. The van der Waals surface area contributed by atoms with Gasteiger partial charge < -0.3 is 5.11 Å². The second kappa shape index (κ2) is 8.70. The lowest BCUT2D eigenvalue weighted by Crippen LogP contribution is -2.31. The topological polar surface area (TPSA) is 135 Å². The van der Waals surface area contributed by atoms with E-state index in [9.17, 15) is 34.4 Å². The van der Waals surface area contributed by atoms with Crippen molar-refractivity contribution < 1.29 is 29.2 Å². The second-order valence-electron chi connectivity index (χ2n) is 7.86. The molecule has 9 heteroatoms. The molecule has 0 saturated carbocycles. The van der Waals surface area contributed by atoms with Gasteiger partial charge in [0.2, 0.25) is 5.78 Å². The summed E-state index contributed by atoms with van der Waals surface area (Å²) >= 11 is 0. The van der Waals surface area contributed by atoms with Crippen LogP contribution in [0.3, 0.4) is 0 Å². The third-order valence-electron chi connectivity index (χ3n) is 5.75. The van der Waals surface area contributed by atoms with Crippen LogP contribution in [0.2, 0.25) is 0 Å². The molecule has 1 amide bonds. The van der Waals surface area contributed by atoms with E-state index < -0.39 is 40.3 Å². The van der Waals surface area contributed by atoms with Crippen molar-refractivity contribution in [3.8, 4) is 0 Å². The van der Waals surface area contributed by atoms with Crippen molar-refractivity contribution >= 4 is 34.8 Å². The standard InChI is InChI=1S/C25H18N2O7/c1-14-9-11-15(12-10-14)22(28)20-21(18-7-2-3-8-19(18)27(33)34)26(24(30)23(20)29)17-6-4-5-16(13-17)25(31)32/h2-13,20-21H,1H3,(H,31,32). The van der Waals surface area contributed by atoms with Gasteiger partial charge in [0.25, 0.3) is 11.6 Å². The largest absolute Gasteiger partial charge is 0.478 e. The normalized spacial score (nSPS) is 17.6. The van der Waals surface area contributed by atoms with Crippen molar-refractivity contribution in [1.29, 1.82) is 0 Å². The van der Waals surface area contributed by atoms with Crippen LogP contribution in [-0.4, -0.2) is 33.5 Å². The molecule has 1 N–H and O–H groups in total. The number of rotatable bonds is 6. The van der Waals surface area contributed by atoms with Crippen LogP contribution < -0.4 is 4.90 Å². The Hall–Kier alpha value is -4.66. The number of hydrogen-bond donors (Lipinski definition) is 1. The summed E-state index contributed by atoms with van der Waals surface area (Å²) in [5, 5.41) is 21.1. The zero-order valence-corrected chi connectivity index (χ0v) is 17.9. The molecule has 1 aliphatic heterocycles. The minimum absolute atomic E-state index is 0.00195. The monoisotopic (exact) mass is 458 g/mol. The summed E-state index contributed by atoms with van der Waals surface area (Å²) < 4.78 is 0. The van der Waals surface area contributed by atoms with E-state index in [1.165, 1.54) is 60.7 Å². The molecule has 170 valence electrons. The zero-order valence-electron chi connectivity index (χ0n) is 17.9. The summed E-state index contributed by atoms with van der Waals surface area (Å²) in [6, 6.07) is 15.9. The summed E-state index contributed by atoms with van der Waals surface area (Å²) in [5.41, 5.74) is 0.594. The minimum Gasteiger partial charge on any atom is -0.478 e. The first-order valence-electron chi connectivity index (χ1n) is 10.3. The number of nitro benzene ring substituents is 1. The highest BCUT2D eigenvalue weighted by molar-refractivity contribution is 6.49. The second-order valence-corrected chi connectivity index (χ2v) is 7.86. The van der Waals surface area contributed by atoms with E-state index in [-0.39, 0.29) is 28.1 Å². The number of amides is 1. The first-order valence-corrected chi connectivity index (χ1v) is 10.3. The Morgan fingerprint density at radius 3 is 2.26 bits per heavy atom. The van der Waals surface area contributed by atoms with Crippen LogP contribution in [0, 0.1) is 23.0 Å². The number of carbonyl (C=O) groups excluding carboxylic acids is 3. The average molecular weight is 458 g/mol. The molecule has 2 unspecified atom stereocenters. The Morgan fingerprint density at radius 2 is 1.62 bits per heavy atom. The molecule has 1 saturated heterocycles. The smallest absolute Gasteiger partial charge is 0.335 e. The molecular formula is C25H18N2O7. The van der Waals surface area contributed by atoms with Crippen molar-refractivity contribution in [3.05, 3.63) is 105 Å². The van der Waals surface area contributed by atoms with Gasteiger partial charge >= 0.3 is 5.97 Å². The predicted molar refractivity (Wildman–Crippen MR) is 121 cm³/mol. The number of aryl methyl sites for hydroxylation is 1. The molecule has 3 aromatic rings. The zero-order chi connectivity index (χ0) is 24.6. The number of benzene rings is 3. The van der Waals surface area contributed by atoms with Crippen LogP contribution in [0.1, 0.15) is 37.9 Å². The quantitative estimate of drug-likeness (QED) is 0.195. The van der Waals surface area contributed by atoms with Gasteiger partial charge in [-0.25, -0.2) is 4.79 Å². The molecule has 3 aromatic carbocycles.